The lowest BCUT2D eigenvalue weighted by molar-refractivity contribution is 0.414. The number of anilines is 2. The van der Waals surface area contributed by atoms with E-state index in [-0.39, 0.29) is 0 Å². The van der Waals surface area contributed by atoms with E-state index in [2.05, 4.69) is 34.6 Å². The topological polar surface area (TPSA) is 85.1 Å². The first-order chi connectivity index (χ1) is 8.72. The van der Waals surface area contributed by atoms with Gasteiger partial charge in [-0.15, -0.1) is 0 Å². The van der Waals surface area contributed by atoms with Crippen LogP contribution >= 0.6 is 11.8 Å². The molecule has 0 fully saturated rings. The molecule has 1 aromatic rings. The molecular formula is C11H21N5OS. The Morgan fingerprint density at radius 3 is 2.78 bits per heavy atom. The van der Waals surface area contributed by atoms with Crippen molar-refractivity contribution >= 4 is 23.4 Å². The van der Waals surface area contributed by atoms with Crippen LogP contribution in [0.4, 0.5) is 11.6 Å². The minimum atomic E-state index is 0.318. The SMILES string of the molecule is CCSCCC(C)Nc1ncnc(NN)c1OC. The molecule has 1 unspecified atom stereocenters. The third-order valence-electron chi connectivity index (χ3n) is 2.43. The largest absolute Gasteiger partial charge is 0.490 e. The summed E-state index contributed by atoms with van der Waals surface area (Å²) >= 11 is 1.93. The van der Waals surface area contributed by atoms with Crippen LogP contribution < -0.4 is 21.3 Å². The lowest BCUT2D eigenvalue weighted by Crippen LogP contribution is -2.19. The van der Waals surface area contributed by atoms with Crippen molar-refractivity contribution in [3.8, 4) is 5.75 Å². The van der Waals surface area contributed by atoms with E-state index in [1.165, 1.54) is 6.33 Å². The summed E-state index contributed by atoms with van der Waals surface area (Å²) in [7, 11) is 1.57. The maximum Gasteiger partial charge on any atom is 0.205 e. The average molecular weight is 271 g/mol. The van der Waals surface area contributed by atoms with Gasteiger partial charge in [0.2, 0.25) is 5.75 Å². The average Bonchev–Trinajstić information content (AvgIpc) is 2.38. The minimum Gasteiger partial charge on any atom is -0.490 e. The van der Waals surface area contributed by atoms with Gasteiger partial charge in [-0.25, -0.2) is 15.8 Å². The summed E-state index contributed by atoms with van der Waals surface area (Å²) in [4.78, 5) is 8.17. The highest BCUT2D eigenvalue weighted by molar-refractivity contribution is 7.99. The van der Waals surface area contributed by atoms with E-state index in [4.69, 9.17) is 10.6 Å². The summed E-state index contributed by atoms with van der Waals surface area (Å²) in [6.45, 7) is 4.28. The molecule has 6 nitrogen and oxygen atoms in total. The molecule has 0 bridgehead atoms. The Bertz CT molecular complexity index is 363. The van der Waals surface area contributed by atoms with Crippen LogP contribution in [-0.4, -0.2) is 34.6 Å². The van der Waals surface area contributed by atoms with E-state index in [1.807, 2.05) is 11.8 Å². The molecule has 1 atom stereocenters. The Morgan fingerprint density at radius 1 is 1.44 bits per heavy atom. The van der Waals surface area contributed by atoms with Crippen LogP contribution in [0.2, 0.25) is 0 Å². The lowest BCUT2D eigenvalue weighted by atomic mass is 10.2. The van der Waals surface area contributed by atoms with E-state index in [9.17, 15) is 0 Å². The summed E-state index contributed by atoms with van der Waals surface area (Å²) in [5.74, 6) is 9.32. The number of hydrazine groups is 1. The molecule has 0 spiro atoms. The molecule has 0 aliphatic rings. The fourth-order valence-electron chi connectivity index (χ4n) is 1.48. The third-order valence-corrected chi connectivity index (χ3v) is 3.36. The number of nitrogens with zero attached hydrogens (tertiary/aromatic N) is 2. The molecule has 1 heterocycles. The molecule has 18 heavy (non-hydrogen) atoms. The Labute approximate surface area is 112 Å². The Kier molecular flexibility index (Phi) is 6.59. The Hall–Kier alpha value is -1.21. The van der Waals surface area contributed by atoms with Crippen LogP contribution in [0.5, 0.6) is 5.75 Å². The molecular weight excluding hydrogens is 250 g/mol. The van der Waals surface area contributed by atoms with Crippen LogP contribution in [0, 0.1) is 0 Å². The highest BCUT2D eigenvalue weighted by Gasteiger charge is 2.13. The van der Waals surface area contributed by atoms with Gasteiger partial charge in [-0.05, 0) is 24.9 Å². The van der Waals surface area contributed by atoms with Crippen molar-refractivity contribution in [3.63, 3.8) is 0 Å². The predicted molar refractivity (Wildman–Crippen MR) is 77.1 cm³/mol. The van der Waals surface area contributed by atoms with Crippen molar-refractivity contribution in [2.45, 2.75) is 26.3 Å². The van der Waals surface area contributed by atoms with E-state index < -0.39 is 0 Å². The van der Waals surface area contributed by atoms with Crippen molar-refractivity contribution in [1.82, 2.24) is 9.97 Å². The first kappa shape index (κ1) is 14.8. The molecule has 0 aromatic carbocycles. The van der Waals surface area contributed by atoms with Crippen molar-refractivity contribution < 1.29 is 4.74 Å². The number of thioether (sulfide) groups is 1. The van der Waals surface area contributed by atoms with Crippen molar-refractivity contribution in [2.75, 3.05) is 29.4 Å². The van der Waals surface area contributed by atoms with Gasteiger partial charge < -0.3 is 15.5 Å². The van der Waals surface area contributed by atoms with Gasteiger partial charge in [0.15, 0.2) is 11.6 Å². The summed E-state index contributed by atoms with van der Waals surface area (Å²) in [5.41, 5.74) is 2.49. The summed E-state index contributed by atoms with van der Waals surface area (Å²) < 4.78 is 5.26. The minimum absolute atomic E-state index is 0.318. The van der Waals surface area contributed by atoms with Crippen LogP contribution in [-0.2, 0) is 0 Å². The molecule has 0 amide bonds. The quantitative estimate of drug-likeness (QED) is 0.377. The van der Waals surface area contributed by atoms with Gasteiger partial charge in [-0.3, -0.25) is 0 Å². The second-order valence-corrected chi connectivity index (χ2v) is 5.17. The predicted octanol–water partition coefficient (Wildman–Crippen LogP) is 1.71. The first-order valence-electron chi connectivity index (χ1n) is 5.92. The molecule has 7 heteroatoms. The second kappa shape index (κ2) is 7.99. The van der Waals surface area contributed by atoms with Gasteiger partial charge in [0.25, 0.3) is 0 Å². The smallest absolute Gasteiger partial charge is 0.205 e. The number of methoxy groups -OCH3 is 1. The molecule has 1 aromatic heterocycles. The maximum absolute atomic E-state index is 5.37. The van der Waals surface area contributed by atoms with E-state index >= 15 is 0 Å². The number of rotatable bonds is 8. The second-order valence-electron chi connectivity index (χ2n) is 3.78. The van der Waals surface area contributed by atoms with E-state index in [0.29, 0.717) is 23.4 Å². The molecule has 102 valence electrons. The molecule has 0 saturated heterocycles. The van der Waals surface area contributed by atoms with E-state index in [1.54, 1.807) is 7.11 Å². The standard InChI is InChI=1S/C11H21N5OS/c1-4-18-6-5-8(2)15-10-9(17-3)11(16-12)14-7-13-10/h7-8H,4-6,12H2,1-3H3,(H2,13,14,15,16). The van der Waals surface area contributed by atoms with Gasteiger partial charge >= 0.3 is 0 Å². The summed E-state index contributed by atoms with van der Waals surface area (Å²) in [6.07, 6.45) is 2.52. The fourth-order valence-corrected chi connectivity index (χ4v) is 2.29. The Morgan fingerprint density at radius 2 is 2.17 bits per heavy atom. The van der Waals surface area contributed by atoms with Crippen LogP contribution in [0.1, 0.15) is 20.3 Å². The Balaban J connectivity index is 2.65. The van der Waals surface area contributed by atoms with E-state index in [0.717, 1.165) is 17.9 Å². The van der Waals surface area contributed by atoms with Crippen molar-refractivity contribution in [1.29, 1.82) is 0 Å². The van der Waals surface area contributed by atoms with Crippen LogP contribution in [0.25, 0.3) is 0 Å². The summed E-state index contributed by atoms with van der Waals surface area (Å²) in [6, 6.07) is 0.318. The fraction of sp³-hybridized carbons (Fsp3) is 0.636. The number of hydrogen-bond donors (Lipinski definition) is 3. The highest BCUT2D eigenvalue weighted by atomic mass is 32.2. The number of hydrogen-bond acceptors (Lipinski definition) is 7. The lowest BCUT2D eigenvalue weighted by Gasteiger charge is -2.17. The van der Waals surface area contributed by atoms with Gasteiger partial charge in [0, 0.05) is 6.04 Å². The number of nitrogens with one attached hydrogen (secondary N) is 2. The zero-order valence-electron chi connectivity index (χ0n) is 11.1. The van der Waals surface area contributed by atoms with Crippen molar-refractivity contribution in [3.05, 3.63) is 6.33 Å². The molecule has 0 aliphatic carbocycles. The van der Waals surface area contributed by atoms with Crippen LogP contribution in [0.3, 0.4) is 0 Å². The molecule has 0 aliphatic heterocycles. The van der Waals surface area contributed by atoms with Gasteiger partial charge in [0.05, 0.1) is 7.11 Å². The normalized spacial score (nSPS) is 12.0. The third kappa shape index (κ3) is 4.23. The highest BCUT2D eigenvalue weighted by Crippen LogP contribution is 2.28. The maximum atomic E-state index is 5.37. The molecule has 0 saturated carbocycles. The number of ether oxygens (including phenoxy) is 1. The molecule has 1 rings (SSSR count). The summed E-state index contributed by atoms with van der Waals surface area (Å²) in [5, 5.41) is 3.31. The molecule has 0 radical (unpaired) electrons. The van der Waals surface area contributed by atoms with Gasteiger partial charge in [-0.1, -0.05) is 6.92 Å². The number of aromatic nitrogens is 2. The zero-order chi connectivity index (χ0) is 13.4. The van der Waals surface area contributed by atoms with Crippen LogP contribution in [0.15, 0.2) is 6.33 Å². The van der Waals surface area contributed by atoms with Crippen molar-refractivity contribution in [2.24, 2.45) is 5.84 Å². The first-order valence-corrected chi connectivity index (χ1v) is 7.08. The van der Waals surface area contributed by atoms with Gasteiger partial charge in [-0.2, -0.15) is 11.8 Å². The monoisotopic (exact) mass is 271 g/mol. The molecule has 4 N–H and O–H groups in total. The van der Waals surface area contributed by atoms with Gasteiger partial charge in [0.1, 0.15) is 6.33 Å². The number of nitrogens with two attached hydrogens (primary N) is 1. The number of nitrogen functional groups attached to an aromatic ring is 1. The zero-order valence-corrected chi connectivity index (χ0v) is 11.9.